The molecule has 1 atom stereocenters. The fraction of sp³-hybridized carbons (Fsp3) is 0.389. The van der Waals surface area contributed by atoms with Crippen LogP contribution in [0.2, 0.25) is 0 Å². The lowest BCUT2D eigenvalue weighted by molar-refractivity contribution is 0.267. The fourth-order valence-electron chi connectivity index (χ4n) is 2.76. The lowest BCUT2D eigenvalue weighted by atomic mass is 10.2. The van der Waals surface area contributed by atoms with Crippen LogP contribution in [0.1, 0.15) is 35.7 Å². The van der Waals surface area contributed by atoms with E-state index in [2.05, 4.69) is 20.6 Å². The number of nitrogens with zero attached hydrogens (tertiary/aromatic N) is 4. The van der Waals surface area contributed by atoms with E-state index >= 15 is 0 Å². The molecule has 3 rings (SSSR count). The van der Waals surface area contributed by atoms with Gasteiger partial charge in [-0.1, -0.05) is 23.4 Å². The van der Waals surface area contributed by atoms with Gasteiger partial charge >= 0.3 is 0 Å². The molecule has 0 fully saturated rings. The van der Waals surface area contributed by atoms with E-state index in [1.54, 1.807) is 0 Å². The Kier molecular flexibility index (Phi) is 5.25. The van der Waals surface area contributed by atoms with Crippen molar-refractivity contribution in [3.8, 4) is 11.5 Å². The van der Waals surface area contributed by atoms with Gasteiger partial charge in [-0.3, -0.25) is 4.68 Å². The van der Waals surface area contributed by atoms with E-state index < -0.39 is 0 Å². The molecule has 7 heteroatoms. The van der Waals surface area contributed by atoms with Crippen LogP contribution < -0.4 is 5.32 Å². The lowest BCUT2D eigenvalue weighted by Gasteiger charge is -2.10. The largest absolute Gasteiger partial charge is 0.394 e. The second kappa shape index (κ2) is 7.58. The zero-order chi connectivity index (χ0) is 17.8. The van der Waals surface area contributed by atoms with Gasteiger partial charge < -0.3 is 14.9 Å². The maximum atomic E-state index is 9.10. The summed E-state index contributed by atoms with van der Waals surface area (Å²) in [6.07, 6.45) is 0. The van der Waals surface area contributed by atoms with E-state index in [-0.39, 0.29) is 12.6 Å². The van der Waals surface area contributed by atoms with Crippen LogP contribution in [-0.4, -0.2) is 31.6 Å². The van der Waals surface area contributed by atoms with Crippen molar-refractivity contribution in [2.24, 2.45) is 0 Å². The molecule has 0 bridgehead atoms. The molecule has 0 aliphatic rings. The molecule has 132 valence electrons. The van der Waals surface area contributed by atoms with Crippen molar-refractivity contribution in [2.45, 2.75) is 39.9 Å². The molecule has 2 heterocycles. The summed E-state index contributed by atoms with van der Waals surface area (Å²) >= 11 is 0. The van der Waals surface area contributed by atoms with E-state index in [4.69, 9.17) is 9.63 Å². The summed E-state index contributed by atoms with van der Waals surface area (Å²) in [4.78, 5) is 4.48. The number of aliphatic hydroxyl groups is 1. The highest BCUT2D eigenvalue weighted by atomic mass is 16.5. The molecule has 3 aromatic rings. The van der Waals surface area contributed by atoms with Crippen LogP contribution in [0.4, 0.5) is 0 Å². The molecule has 1 aromatic carbocycles. The highest BCUT2D eigenvalue weighted by Gasteiger charge is 2.17. The molecule has 0 radical (unpaired) electrons. The van der Waals surface area contributed by atoms with Crippen molar-refractivity contribution in [3.05, 3.63) is 53.1 Å². The fourth-order valence-corrected chi connectivity index (χ4v) is 2.76. The van der Waals surface area contributed by atoms with Gasteiger partial charge in [0, 0.05) is 23.4 Å². The number of hydrogen-bond donors (Lipinski definition) is 2. The van der Waals surface area contributed by atoms with Gasteiger partial charge in [-0.25, -0.2) is 0 Å². The smallest absolute Gasteiger partial charge is 0.257 e. The molecule has 25 heavy (non-hydrogen) atoms. The molecule has 0 amide bonds. The summed E-state index contributed by atoms with van der Waals surface area (Å²) in [7, 11) is 0. The third-order valence-corrected chi connectivity index (χ3v) is 4.28. The summed E-state index contributed by atoms with van der Waals surface area (Å²) in [5, 5.41) is 21.1. The van der Waals surface area contributed by atoms with Gasteiger partial charge in [-0.05, 0) is 32.9 Å². The Balaban J connectivity index is 1.67. The Hall–Kier alpha value is -2.51. The molecule has 0 saturated carbocycles. The van der Waals surface area contributed by atoms with Crippen molar-refractivity contribution >= 4 is 0 Å². The standard InChI is InChI=1S/C18H23N5O2/c1-12-16(14(3)23(21-12)9-10-24)11-19-13(2)17-20-18(25-22-17)15-7-5-4-6-8-15/h4-8,13,19,24H,9-11H2,1-3H3. The minimum atomic E-state index is -0.0544. The number of benzene rings is 1. The topological polar surface area (TPSA) is 89.0 Å². The minimum absolute atomic E-state index is 0.0544. The van der Waals surface area contributed by atoms with Gasteiger partial charge in [0.15, 0.2) is 5.82 Å². The molecular formula is C18H23N5O2. The zero-order valence-corrected chi connectivity index (χ0v) is 14.7. The van der Waals surface area contributed by atoms with Crippen LogP contribution in [0.5, 0.6) is 0 Å². The first-order valence-electron chi connectivity index (χ1n) is 8.36. The van der Waals surface area contributed by atoms with E-state index in [0.29, 0.717) is 24.8 Å². The lowest BCUT2D eigenvalue weighted by Crippen LogP contribution is -2.20. The summed E-state index contributed by atoms with van der Waals surface area (Å²) < 4.78 is 7.19. The second-order valence-electron chi connectivity index (χ2n) is 6.02. The first kappa shape index (κ1) is 17.3. The van der Waals surface area contributed by atoms with Gasteiger partial charge in [-0.15, -0.1) is 0 Å². The number of rotatable bonds is 7. The molecular weight excluding hydrogens is 318 g/mol. The third-order valence-electron chi connectivity index (χ3n) is 4.28. The van der Waals surface area contributed by atoms with Crippen molar-refractivity contribution in [3.63, 3.8) is 0 Å². The van der Waals surface area contributed by atoms with Gasteiger partial charge in [0.1, 0.15) is 0 Å². The van der Waals surface area contributed by atoms with Gasteiger partial charge in [0.25, 0.3) is 5.89 Å². The van der Waals surface area contributed by atoms with E-state index in [0.717, 1.165) is 22.5 Å². The van der Waals surface area contributed by atoms with Crippen LogP contribution in [0, 0.1) is 13.8 Å². The Morgan fingerprint density at radius 1 is 1.24 bits per heavy atom. The normalized spacial score (nSPS) is 12.5. The predicted molar refractivity (Wildman–Crippen MR) is 93.8 cm³/mol. The maximum Gasteiger partial charge on any atom is 0.257 e. The molecule has 0 spiro atoms. The van der Waals surface area contributed by atoms with Crippen LogP contribution in [0.3, 0.4) is 0 Å². The van der Waals surface area contributed by atoms with Crippen LogP contribution in [0.25, 0.3) is 11.5 Å². The highest BCUT2D eigenvalue weighted by molar-refractivity contribution is 5.52. The molecule has 1 unspecified atom stereocenters. The molecule has 7 nitrogen and oxygen atoms in total. The molecule has 2 aromatic heterocycles. The summed E-state index contributed by atoms with van der Waals surface area (Å²) in [6, 6.07) is 9.66. The zero-order valence-electron chi connectivity index (χ0n) is 14.7. The molecule has 0 aliphatic carbocycles. The van der Waals surface area contributed by atoms with Gasteiger partial charge in [0.2, 0.25) is 0 Å². The minimum Gasteiger partial charge on any atom is -0.394 e. The highest BCUT2D eigenvalue weighted by Crippen LogP contribution is 2.20. The first-order valence-corrected chi connectivity index (χ1v) is 8.36. The summed E-state index contributed by atoms with van der Waals surface area (Å²) in [5.74, 6) is 1.14. The third kappa shape index (κ3) is 3.78. The van der Waals surface area contributed by atoms with Crippen molar-refractivity contribution < 1.29 is 9.63 Å². The average Bonchev–Trinajstić information content (AvgIpc) is 3.21. The monoisotopic (exact) mass is 341 g/mol. The van der Waals surface area contributed by atoms with Crippen molar-refractivity contribution in [2.75, 3.05) is 6.61 Å². The van der Waals surface area contributed by atoms with Crippen LogP contribution in [0.15, 0.2) is 34.9 Å². The number of nitrogens with one attached hydrogen (secondary N) is 1. The first-order chi connectivity index (χ1) is 12.1. The van der Waals surface area contributed by atoms with E-state index in [1.165, 1.54) is 0 Å². The summed E-state index contributed by atoms with van der Waals surface area (Å²) in [6.45, 7) is 7.23. The Morgan fingerprint density at radius 3 is 2.72 bits per heavy atom. The quantitative estimate of drug-likeness (QED) is 0.686. The second-order valence-corrected chi connectivity index (χ2v) is 6.02. The SMILES string of the molecule is Cc1nn(CCO)c(C)c1CNC(C)c1noc(-c2ccccc2)n1. The van der Waals surface area contributed by atoms with Crippen LogP contribution >= 0.6 is 0 Å². The van der Waals surface area contributed by atoms with E-state index in [9.17, 15) is 0 Å². The Bertz CT molecular complexity index is 825. The molecule has 0 saturated heterocycles. The number of hydrogen-bond acceptors (Lipinski definition) is 6. The number of aliphatic hydroxyl groups excluding tert-OH is 1. The average molecular weight is 341 g/mol. The number of aryl methyl sites for hydroxylation is 1. The predicted octanol–water partition coefficient (Wildman–Crippen LogP) is 2.39. The van der Waals surface area contributed by atoms with Crippen molar-refractivity contribution in [1.29, 1.82) is 0 Å². The Labute approximate surface area is 146 Å². The molecule has 2 N–H and O–H groups in total. The maximum absolute atomic E-state index is 9.10. The molecule has 0 aliphatic heterocycles. The van der Waals surface area contributed by atoms with Crippen LogP contribution in [-0.2, 0) is 13.1 Å². The summed E-state index contributed by atoms with van der Waals surface area (Å²) in [5.41, 5.74) is 4.06. The number of aromatic nitrogens is 4. The van der Waals surface area contributed by atoms with Crippen molar-refractivity contribution in [1.82, 2.24) is 25.2 Å². The Morgan fingerprint density at radius 2 is 2.00 bits per heavy atom. The van der Waals surface area contributed by atoms with Gasteiger partial charge in [-0.2, -0.15) is 10.1 Å². The van der Waals surface area contributed by atoms with Gasteiger partial charge in [0.05, 0.1) is 24.9 Å². The van der Waals surface area contributed by atoms with E-state index in [1.807, 2.05) is 55.8 Å².